The van der Waals surface area contributed by atoms with Crippen molar-refractivity contribution in [2.75, 3.05) is 0 Å². The standard InChI is InChI=1S/C18H22N2O5S/c1-4-11(25-10-8-6-5-7-9-10)14(21)19-12-15(22)20-13(17(23)24)18(2,3)26-16(12)20/h5-9,11-13,16H,4H2,1-3H3,(H,19,21)(H,23,24)/t11-,12+,13-,16-/m1/s1. The number of benzene rings is 1. The summed E-state index contributed by atoms with van der Waals surface area (Å²) in [6.07, 6.45) is -0.263. The minimum absolute atomic E-state index is 0.358. The molecule has 0 spiro atoms. The molecule has 140 valence electrons. The number of hydrogen-bond donors (Lipinski definition) is 2. The van der Waals surface area contributed by atoms with Gasteiger partial charge in [0.2, 0.25) is 5.91 Å². The second-order valence-corrected chi connectivity index (χ2v) is 8.68. The molecular formula is C18H22N2O5S. The Morgan fingerprint density at radius 1 is 1.35 bits per heavy atom. The minimum Gasteiger partial charge on any atom is -0.481 e. The molecule has 0 saturated carbocycles. The summed E-state index contributed by atoms with van der Waals surface area (Å²) in [6, 6.07) is 7.41. The van der Waals surface area contributed by atoms with E-state index in [4.69, 9.17) is 4.74 Å². The summed E-state index contributed by atoms with van der Waals surface area (Å²) in [4.78, 5) is 37.9. The molecule has 1 aromatic carbocycles. The molecule has 0 aliphatic carbocycles. The average Bonchev–Trinajstić information content (AvgIpc) is 2.86. The SMILES string of the molecule is CC[C@@H](Oc1ccccc1)C(=O)N[C@H]1C(=O)N2[C@@H]1SC(C)(C)[C@H]2C(=O)O. The van der Waals surface area contributed by atoms with Gasteiger partial charge in [0.1, 0.15) is 23.2 Å². The van der Waals surface area contributed by atoms with Crippen molar-refractivity contribution in [3.63, 3.8) is 0 Å². The molecule has 2 aliphatic heterocycles. The summed E-state index contributed by atoms with van der Waals surface area (Å²) < 4.78 is 5.09. The van der Waals surface area contributed by atoms with Crippen LogP contribution in [-0.2, 0) is 14.4 Å². The number of carboxylic acids is 1. The molecule has 4 atom stereocenters. The zero-order valence-corrected chi connectivity index (χ0v) is 15.7. The maximum Gasteiger partial charge on any atom is 0.327 e. The maximum atomic E-state index is 12.6. The highest BCUT2D eigenvalue weighted by atomic mass is 32.2. The van der Waals surface area contributed by atoms with Crippen molar-refractivity contribution in [2.45, 2.75) is 55.5 Å². The van der Waals surface area contributed by atoms with Crippen LogP contribution in [-0.4, -0.2) is 56.1 Å². The number of fused-ring (bicyclic) bond motifs is 1. The van der Waals surface area contributed by atoms with Crippen molar-refractivity contribution in [1.82, 2.24) is 10.2 Å². The molecule has 2 heterocycles. The molecule has 0 unspecified atom stereocenters. The number of hydrogen-bond acceptors (Lipinski definition) is 5. The number of nitrogens with zero attached hydrogens (tertiary/aromatic N) is 1. The van der Waals surface area contributed by atoms with Crippen LogP contribution in [0.2, 0.25) is 0 Å². The predicted octanol–water partition coefficient (Wildman–Crippen LogP) is 1.48. The number of ether oxygens (including phenoxy) is 1. The summed E-state index contributed by atoms with van der Waals surface area (Å²) in [5.74, 6) is -1.17. The Morgan fingerprint density at radius 2 is 2.00 bits per heavy atom. The van der Waals surface area contributed by atoms with Gasteiger partial charge in [0, 0.05) is 4.75 Å². The van der Waals surface area contributed by atoms with Gasteiger partial charge in [-0.15, -0.1) is 11.8 Å². The van der Waals surface area contributed by atoms with Gasteiger partial charge in [0.15, 0.2) is 6.10 Å². The normalized spacial score (nSPS) is 27.3. The van der Waals surface area contributed by atoms with E-state index in [-0.39, 0.29) is 17.2 Å². The fourth-order valence-corrected chi connectivity index (χ4v) is 5.00. The third-order valence-electron chi connectivity index (χ3n) is 4.66. The van der Waals surface area contributed by atoms with Gasteiger partial charge in [-0.05, 0) is 32.4 Å². The van der Waals surface area contributed by atoms with E-state index in [9.17, 15) is 19.5 Å². The number of carboxylic acid groups (broad SMARTS) is 1. The highest BCUT2D eigenvalue weighted by Gasteiger charge is 2.64. The molecule has 0 bridgehead atoms. The first-order valence-corrected chi connectivity index (χ1v) is 9.39. The van der Waals surface area contributed by atoms with Gasteiger partial charge in [0.25, 0.3) is 5.91 Å². The third kappa shape index (κ3) is 3.13. The lowest BCUT2D eigenvalue weighted by molar-refractivity contribution is -0.161. The number of rotatable bonds is 6. The van der Waals surface area contributed by atoms with E-state index in [1.54, 1.807) is 26.0 Å². The first-order chi connectivity index (χ1) is 12.3. The predicted molar refractivity (Wildman–Crippen MR) is 96.8 cm³/mol. The molecule has 2 saturated heterocycles. The van der Waals surface area contributed by atoms with Crippen LogP contribution in [0.25, 0.3) is 0 Å². The number of carbonyl (C=O) groups is 3. The van der Waals surface area contributed by atoms with Gasteiger partial charge in [-0.1, -0.05) is 25.1 Å². The molecule has 3 rings (SSSR count). The molecule has 0 aromatic heterocycles. The summed E-state index contributed by atoms with van der Waals surface area (Å²) in [6.45, 7) is 5.43. The summed E-state index contributed by atoms with van der Waals surface area (Å²) in [5, 5.41) is 11.8. The van der Waals surface area contributed by atoms with E-state index in [0.717, 1.165) is 0 Å². The maximum absolute atomic E-state index is 12.6. The van der Waals surface area contributed by atoms with Gasteiger partial charge < -0.3 is 20.1 Å². The Bertz CT molecular complexity index is 724. The first kappa shape index (κ1) is 18.6. The number of carbonyl (C=O) groups excluding carboxylic acids is 2. The Labute approximate surface area is 156 Å². The van der Waals surface area contributed by atoms with Crippen LogP contribution in [0.15, 0.2) is 30.3 Å². The topological polar surface area (TPSA) is 95.9 Å². The van der Waals surface area contributed by atoms with E-state index in [0.29, 0.717) is 12.2 Å². The molecule has 2 fully saturated rings. The quantitative estimate of drug-likeness (QED) is 0.728. The van der Waals surface area contributed by atoms with E-state index < -0.39 is 28.9 Å². The largest absolute Gasteiger partial charge is 0.481 e. The van der Waals surface area contributed by atoms with Crippen molar-refractivity contribution < 1.29 is 24.2 Å². The number of aliphatic carboxylic acids is 1. The van der Waals surface area contributed by atoms with Crippen molar-refractivity contribution in [1.29, 1.82) is 0 Å². The van der Waals surface area contributed by atoms with Gasteiger partial charge in [-0.2, -0.15) is 0 Å². The van der Waals surface area contributed by atoms with Gasteiger partial charge in [-0.3, -0.25) is 9.59 Å². The number of nitrogens with one attached hydrogen (secondary N) is 1. The molecular weight excluding hydrogens is 356 g/mol. The van der Waals surface area contributed by atoms with Crippen LogP contribution in [0, 0.1) is 0 Å². The zero-order chi connectivity index (χ0) is 19.1. The van der Waals surface area contributed by atoms with Crippen LogP contribution in [0.4, 0.5) is 0 Å². The van der Waals surface area contributed by atoms with Crippen molar-refractivity contribution >= 4 is 29.5 Å². The summed E-state index contributed by atoms with van der Waals surface area (Å²) >= 11 is 1.40. The van der Waals surface area contributed by atoms with E-state index >= 15 is 0 Å². The molecule has 1 aromatic rings. The molecule has 26 heavy (non-hydrogen) atoms. The number of thioether (sulfide) groups is 1. The Morgan fingerprint density at radius 3 is 2.58 bits per heavy atom. The Kier molecular flexibility index (Phi) is 4.88. The lowest BCUT2D eigenvalue weighted by atomic mass is 9.96. The lowest BCUT2D eigenvalue weighted by Crippen LogP contribution is -2.71. The van der Waals surface area contributed by atoms with Crippen molar-refractivity contribution in [2.24, 2.45) is 0 Å². The smallest absolute Gasteiger partial charge is 0.327 e. The average molecular weight is 378 g/mol. The van der Waals surface area contributed by atoms with Gasteiger partial charge >= 0.3 is 5.97 Å². The number of amides is 2. The summed E-state index contributed by atoms with van der Waals surface area (Å²) in [7, 11) is 0. The minimum atomic E-state index is -1.03. The highest BCUT2D eigenvalue weighted by molar-refractivity contribution is 8.01. The zero-order valence-electron chi connectivity index (χ0n) is 14.8. The van der Waals surface area contributed by atoms with Crippen molar-refractivity contribution in [3.05, 3.63) is 30.3 Å². The number of para-hydroxylation sites is 1. The lowest BCUT2D eigenvalue weighted by Gasteiger charge is -2.43. The first-order valence-electron chi connectivity index (χ1n) is 8.51. The fraction of sp³-hybridized carbons (Fsp3) is 0.500. The summed E-state index contributed by atoms with van der Waals surface area (Å²) in [5.41, 5.74) is 0. The van der Waals surface area contributed by atoms with E-state index in [1.165, 1.54) is 16.7 Å². The van der Waals surface area contributed by atoms with E-state index in [2.05, 4.69) is 5.32 Å². The molecule has 8 heteroatoms. The Balaban J connectivity index is 1.67. The molecule has 2 amide bonds. The van der Waals surface area contributed by atoms with Crippen LogP contribution >= 0.6 is 11.8 Å². The second kappa shape index (κ2) is 6.83. The van der Waals surface area contributed by atoms with E-state index in [1.807, 2.05) is 25.1 Å². The van der Waals surface area contributed by atoms with Crippen LogP contribution in [0.5, 0.6) is 5.75 Å². The molecule has 2 N–H and O–H groups in total. The van der Waals surface area contributed by atoms with Crippen molar-refractivity contribution in [3.8, 4) is 5.75 Å². The molecule has 2 aliphatic rings. The second-order valence-electron chi connectivity index (χ2n) is 6.91. The monoisotopic (exact) mass is 378 g/mol. The van der Waals surface area contributed by atoms with Gasteiger partial charge in [0.05, 0.1) is 0 Å². The molecule has 7 nitrogen and oxygen atoms in total. The third-order valence-corrected chi connectivity index (χ3v) is 6.23. The number of β-lactam (4-membered cyclic amide) rings is 1. The highest BCUT2D eigenvalue weighted by Crippen LogP contribution is 2.50. The van der Waals surface area contributed by atoms with Gasteiger partial charge in [-0.25, -0.2) is 4.79 Å². The fourth-order valence-electron chi connectivity index (χ4n) is 3.38. The van der Waals surface area contributed by atoms with Crippen LogP contribution < -0.4 is 10.1 Å². The molecule has 0 radical (unpaired) electrons. The van der Waals surface area contributed by atoms with Crippen LogP contribution in [0.3, 0.4) is 0 Å². The Hall–Kier alpha value is -2.22. The van der Waals surface area contributed by atoms with Crippen LogP contribution in [0.1, 0.15) is 27.2 Å².